The van der Waals surface area contributed by atoms with Crippen LogP contribution in [0.4, 0.5) is 4.39 Å². The molecule has 1 aromatic carbocycles. The minimum Gasteiger partial charge on any atom is -0.354 e. The normalized spacial score (nSPS) is 25.5. The molecule has 0 unspecified atom stereocenters. The SMILES string of the molecule is CC(=O)N[C@H]1CC[C@H](C(=O)N[C@H](c2c(F)ccc(Cl)c2Cl)C23CC=C(CC2)CC3)C1. The first-order chi connectivity index (χ1) is 14.3. The molecule has 0 aromatic heterocycles. The van der Waals surface area contributed by atoms with Crippen LogP contribution in [0.3, 0.4) is 0 Å². The fourth-order valence-corrected chi connectivity index (χ4v) is 5.90. The van der Waals surface area contributed by atoms with Gasteiger partial charge in [0.25, 0.3) is 0 Å². The van der Waals surface area contributed by atoms with Crippen LogP contribution in [0.5, 0.6) is 0 Å². The standard InChI is InChI=1S/C23H27Cl2FN2O2/c1-13(29)27-16-3-2-15(12-16)22(30)28-21(19-18(26)5-4-17(24)20(19)25)23-9-6-14(7-10-23)8-11-23/h4-6,15-16,21H,2-3,7-12H2,1H3,(H,27,29)(H,28,30)/t15-,16-,21+/m0/s1. The first kappa shape index (κ1) is 21.6. The second-order valence-corrected chi connectivity index (χ2v) is 9.82. The number of fused-ring (bicyclic) bond motifs is 3. The Morgan fingerprint density at radius 3 is 2.57 bits per heavy atom. The summed E-state index contributed by atoms with van der Waals surface area (Å²) in [5, 5.41) is 6.55. The van der Waals surface area contributed by atoms with Gasteiger partial charge < -0.3 is 10.6 Å². The van der Waals surface area contributed by atoms with E-state index >= 15 is 4.39 Å². The Kier molecular flexibility index (Phi) is 6.13. The molecule has 0 aliphatic heterocycles. The summed E-state index contributed by atoms with van der Waals surface area (Å²) in [4.78, 5) is 24.6. The lowest BCUT2D eigenvalue weighted by Crippen LogP contribution is -2.46. The molecule has 4 nitrogen and oxygen atoms in total. The third-order valence-electron chi connectivity index (χ3n) is 7.16. The van der Waals surface area contributed by atoms with Gasteiger partial charge in [0.1, 0.15) is 5.82 Å². The molecular formula is C23H27Cl2FN2O2. The Labute approximate surface area is 186 Å². The summed E-state index contributed by atoms with van der Waals surface area (Å²) in [6.07, 6.45) is 8.84. The monoisotopic (exact) mass is 452 g/mol. The van der Waals surface area contributed by atoms with Crippen LogP contribution in [0, 0.1) is 17.2 Å². The predicted molar refractivity (Wildman–Crippen MR) is 116 cm³/mol. The number of rotatable bonds is 5. The minimum absolute atomic E-state index is 0.0104. The molecule has 4 aliphatic rings. The lowest BCUT2D eigenvalue weighted by molar-refractivity contribution is -0.127. The van der Waals surface area contributed by atoms with Gasteiger partial charge in [0.2, 0.25) is 11.8 Å². The second-order valence-electron chi connectivity index (χ2n) is 9.03. The van der Waals surface area contributed by atoms with Gasteiger partial charge in [-0.05, 0) is 68.9 Å². The predicted octanol–water partition coefficient (Wildman–Crippen LogP) is 5.49. The summed E-state index contributed by atoms with van der Waals surface area (Å²) in [5.41, 5.74) is 1.49. The van der Waals surface area contributed by atoms with Gasteiger partial charge in [-0.2, -0.15) is 0 Å². The molecule has 0 heterocycles. The first-order valence-electron chi connectivity index (χ1n) is 10.7. The van der Waals surface area contributed by atoms with E-state index in [1.54, 1.807) is 0 Å². The molecule has 2 bridgehead atoms. The number of carbonyl (C=O) groups excluding carboxylic acids is 2. The number of hydrogen-bond acceptors (Lipinski definition) is 2. The number of halogens is 3. The number of amides is 2. The topological polar surface area (TPSA) is 58.2 Å². The number of carbonyl (C=O) groups is 2. The number of benzene rings is 1. The first-order valence-corrected chi connectivity index (χ1v) is 11.4. The summed E-state index contributed by atoms with van der Waals surface area (Å²) in [7, 11) is 0. The maximum atomic E-state index is 15.0. The van der Waals surface area contributed by atoms with Crippen molar-refractivity contribution < 1.29 is 14.0 Å². The van der Waals surface area contributed by atoms with Crippen molar-refractivity contribution in [1.82, 2.24) is 10.6 Å². The summed E-state index contributed by atoms with van der Waals surface area (Å²) >= 11 is 12.7. The van der Waals surface area contributed by atoms with E-state index in [0.717, 1.165) is 38.5 Å². The van der Waals surface area contributed by atoms with Crippen molar-refractivity contribution in [2.24, 2.45) is 11.3 Å². The molecule has 3 atom stereocenters. The smallest absolute Gasteiger partial charge is 0.223 e. The van der Waals surface area contributed by atoms with Crippen LogP contribution in [0.15, 0.2) is 23.8 Å². The van der Waals surface area contributed by atoms with E-state index in [0.29, 0.717) is 18.4 Å². The van der Waals surface area contributed by atoms with E-state index in [9.17, 15) is 9.59 Å². The highest BCUT2D eigenvalue weighted by Gasteiger charge is 2.46. The molecule has 0 saturated heterocycles. The average molecular weight is 453 g/mol. The van der Waals surface area contributed by atoms with Gasteiger partial charge in [-0.1, -0.05) is 34.9 Å². The fourth-order valence-electron chi connectivity index (χ4n) is 5.47. The molecule has 162 valence electrons. The average Bonchev–Trinajstić information content (AvgIpc) is 3.19. The van der Waals surface area contributed by atoms with Crippen LogP contribution < -0.4 is 10.6 Å². The summed E-state index contributed by atoms with van der Waals surface area (Å²) in [6.45, 7) is 1.49. The summed E-state index contributed by atoms with van der Waals surface area (Å²) in [5.74, 6) is -0.831. The lowest BCUT2D eigenvalue weighted by atomic mass is 9.60. The molecule has 0 radical (unpaired) electrons. The Morgan fingerprint density at radius 2 is 1.93 bits per heavy atom. The van der Waals surface area contributed by atoms with Crippen molar-refractivity contribution in [3.05, 3.63) is 45.2 Å². The molecule has 0 spiro atoms. The minimum atomic E-state index is -0.533. The molecular weight excluding hydrogens is 426 g/mol. The van der Waals surface area contributed by atoms with E-state index in [4.69, 9.17) is 23.2 Å². The van der Waals surface area contributed by atoms with Gasteiger partial charge in [0.15, 0.2) is 0 Å². The second kappa shape index (κ2) is 8.51. The fraction of sp³-hybridized carbons (Fsp3) is 0.565. The zero-order chi connectivity index (χ0) is 21.5. The van der Waals surface area contributed by atoms with Crippen LogP contribution in [0.2, 0.25) is 10.0 Å². The number of allylic oxidation sites excluding steroid dienone is 2. The number of nitrogens with one attached hydrogen (secondary N) is 2. The number of hydrogen-bond donors (Lipinski definition) is 2. The molecule has 7 heteroatoms. The van der Waals surface area contributed by atoms with Gasteiger partial charge in [0, 0.05) is 24.4 Å². The van der Waals surface area contributed by atoms with E-state index in [-0.39, 0.29) is 39.2 Å². The molecule has 5 rings (SSSR count). The van der Waals surface area contributed by atoms with Gasteiger partial charge in [-0.3, -0.25) is 9.59 Å². The highest BCUT2D eigenvalue weighted by Crippen LogP contribution is 2.55. The Morgan fingerprint density at radius 1 is 1.20 bits per heavy atom. The van der Waals surface area contributed by atoms with Gasteiger partial charge in [-0.25, -0.2) is 4.39 Å². The van der Waals surface area contributed by atoms with Crippen molar-refractivity contribution in [3.63, 3.8) is 0 Å². The van der Waals surface area contributed by atoms with Crippen LogP contribution in [0.25, 0.3) is 0 Å². The lowest BCUT2D eigenvalue weighted by Gasteiger charge is -2.48. The molecule has 2 N–H and O–H groups in total. The van der Waals surface area contributed by atoms with Crippen molar-refractivity contribution in [2.75, 3.05) is 0 Å². The highest BCUT2D eigenvalue weighted by atomic mass is 35.5. The Bertz CT molecular complexity index is 891. The van der Waals surface area contributed by atoms with Gasteiger partial charge in [-0.15, -0.1) is 0 Å². The maximum absolute atomic E-state index is 15.0. The molecule has 4 aliphatic carbocycles. The van der Waals surface area contributed by atoms with Crippen molar-refractivity contribution in [2.45, 2.75) is 70.4 Å². The molecule has 2 amide bonds. The molecule has 1 aromatic rings. The molecule has 30 heavy (non-hydrogen) atoms. The molecule has 2 saturated carbocycles. The van der Waals surface area contributed by atoms with Crippen LogP contribution >= 0.6 is 23.2 Å². The zero-order valence-corrected chi connectivity index (χ0v) is 18.6. The van der Waals surface area contributed by atoms with Crippen LogP contribution in [0.1, 0.15) is 69.9 Å². The quantitative estimate of drug-likeness (QED) is 0.458. The third kappa shape index (κ3) is 4.11. The van der Waals surface area contributed by atoms with E-state index in [1.165, 1.54) is 24.6 Å². The van der Waals surface area contributed by atoms with Gasteiger partial charge in [0.05, 0.1) is 16.1 Å². The van der Waals surface area contributed by atoms with E-state index < -0.39 is 11.9 Å². The largest absolute Gasteiger partial charge is 0.354 e. The Hall–Kier alpha value is -1.59. The Balaban J connectivity index is 1.63. The van der Waals surface area contributed by atoms with Crippen molar-refractivity contribution in [1.29, 1.82) is 0 Å². The van der Waals surface area contributed by atoms with Crippen molar-refractivity contribution in [3.8, 4) is 0 Å². The zero-order valence-electron chi connectivity index (χ0n) is 17.1. The van der Waals surface area contributed by atoms with Crippen LogP contribution in [-0.4, -0.2) is 17.9 Å². The highest BCUT2D eigenvalue weighted by molar-refractivity contribution is 6.42. The van der Waals surface area contributed by atoms with E-state index in [1.807, 2.05) is 0 Å². The summed E-state index contributed by atoms with van der Waals surface area (Å²) < 4.78 is 15.0. The summed E-state index contributed by atoms with van der Waals surface area (Å²) in [6, 6.07) is 2.26. The van der Waals surface area contributed by atoms with Gasteiger partial charge >= 0.3 is 0 Å². The van der Waals surface area contributed by atoms with Crippen LogP contribution in [-0.2, 0) is 9.59 Å². The maximum Gasteiger partial charge on any atom is 0.223 e. The van der Waals surface area contributed by atoms with Crippen molar-refractivity contribution >= 4 is 35.0 Å². The molecule has 2 fully saturated rings. The third-order valence-corrected chi connectivity index (χ3v) is 7.98. The van der Waals surface area contributed by atoms with E-state index in [2.05, 4.69) is 16.7 Å².